The van der Waals surface area contributed by atoms with Crippen LogP contribution in [0.15, 0.2) is 24.3 Å². The predicted octanol–water partition coefficient (Wildman–Crippen LogP) is 7.16. The molecule has 1 aliphatic heterocycles. The lowest BCUT2D eigenvalue weighted by Gasteiger charge is -2.25. The smallest absolute Gasteiger partial charge is 0.224 e. The van der Waals surface area contributed by atoms with Crippen LogP contribution >= 0.6 is 0 Å². The summed E-state index contributed by atoms with van der Waals surface area (Å²) >= 11 is 0. The van der Waals surface area contributed by atoms with Crippen LogP contribution in [0.25, 0.3) is 0 Å². The van der Waals surface area contributed by atoms with E-state index in [-0.39, 0.29) is 17.2 Å². The van der Waals surface area contributed by atoms with Crippen LogP contribution < -0.4 is 10.1 Å². The van der Waals surface area contributed by atoms with Crippen molar-refractivity contribution in [3.8, 4) is 5.75 Å². The Balaban J connectivity index is 2.12. The molecule has 33 heavy (non-hydrogen) atoms. The zero-order valence-electron chi connectivity index (χ0n) is 21.6. The van der Waals surface area contributed by atoms with E-state index in [1.54, 1.807) is 0 Å². The summed E-state index contributed by atoms with van der Waals surface area (Å²) in [5.41, 5.74) is 7.09. The Kier molecular flexibility index (Phi) is 7.58. The fourth-order valence-corrected chi connectivity index (χ4v) is 4.91. The van der Waals surface area contributed by atoms with Gasteiger partial charge in [-0.25, -0.2) is 0 Å². The number of hydrogen-bond donors (Lipinski definition) is 2. The largest absolute Gasteiger partial charge is 0.492 e. The van der Waals surface area contributed by atoms with Gasteiger partial charge in [0.25, 0.3) is 0 Å². The summed E-state index contributed by atoms with van der Waals surface area (Å²) in [6, 6.07) is 8.77. The van der Waals surface area contributed by atoms with E-state index < -0.39 is 6.10 Å². The molecule has 1 amide bonds. The maximum atomic E-state index is 12.9. The minimum absolute atomic E-state index is 0.00123. The van der Waals surface area contributed by atoms with Crippen LogP contribution in [0.1, 0.15) is 112 Å². The van der Waals surface area contributed by atoms with Gasteiger partial charge in [-0.2, -0.15) is 0 Å². The van der Waals surface area contributed by atoms with Crippen LogP contribution in [-0.4, -0.2) is 17.6 Å². The molecule has 2 atom stereocenters. The Hall–Kier alpha value is -2.33. The molecule has 180 valence electrons. The van der Waals surface area contributed by atoms with Gasteiger partial charge < -0.3 is 15.2 Å². The van der Waals surface area contributed by atoms with Crippen LogP contribution in [0.5, 0.6) is 5.75 Å². The van der Waals surface area contributed by atoms with Crippen LogP contribution in [0, 0.1) is 19.3 Å². The third-order valence-corrected chi connectivity index (χ3v) is 6.65. The normalized spacial score (nSPS) is 16.5. The Bertz CT molecular complexity index is 999. The van der Waals surface area contributed by atoms with E-state index >= 15 is 0 Å². The van der Waals surface area contributed by atoms with Gasteiger partial charge in [-0.05, 0) is 53.9 Å². The first kappa shape index (κ1) is 25.3. The van der Waals surface area contributed by atoms with Gasteiger partial charge in [0.2, 0.25) is 5.91 Å². The van der Waals surface area contributed by atoms with Gasteiger partial charge in [0.05, 0.1) is 12.7 Å². The summed E-state index contributed by atoms with van der Waals surface area (Å²) in [6.45, 7) is 17.3. The number of carbonyl (C=O) groups is 1. The number of fused-ring (bicyclic) bond motifs is 1. The summed E-state index contributed by atoms with van der Waals surface area (Å²) in [4.78, 5) is 12.9. The van der Waals surface area contributed by atoms with Crippen molar-refractivity contribution in [1.29, 1.82) is 0 Å². The molecule has 0 radical (unpaired) electrons. The first-order valence-corrected chi connectivity index (χ1v) is 12.3. The topological polar surface area (TPSA) is 58.6 Å². The molecule has 1 heterocycles. The molecule has 2 N–H and O–H groups in total. The quantitative estimate of drug-likeness (QED) is 0.469. The van der Waals surface area contributed by atoms with Crippen molar-refractivity contribution in [2.24, 2.45) is 5.41 Å². The van der Waals surface area contributed by atoms with Crippen molar-refractivity contribution in [3.05, 3.63) is 57.6 Å². The standard InChI is InChI=1S/C29H41NO3/c1-9-10-23(31)26-19(5)27(30-24(32)15-29(6,7)8)18(4)25-22(16-33-28(25)26)21-13-11-20(12-14-21)17(2)3/h11-14,17,22-23,31H,9-10,15-16H2,1-8H3,(H,30,32). The summed E-state index contributed by atoms with van der Waals surface area (Å²) in [5.74, 6) is 1.36. The van der Waals surface area contributed by atoms with E-state index in [1.807, 2.05) is 6.92 Å². The molecule has 4 nitrogen and oxygen atoms in total. The van der Waals surface area contributed by atoms with Crippen LogP contribution in [-0.2, 0) is 4.79 Å². The number of amides is 1. The van der Waals surface area contributed by atoms with E-state index in [0.29, 0.717) is 25.4 Å². The average molecular weight is 452 g/mol. The highest BCUT2D eigenvalue weighted by molar-refractivity contribution is 5.94. The molecule has 0 saturated carbocycles. The molecule has 0 saturated heterocycles. The van der Waals surface area contributed by atoms with E-state index in [4.69, 9.17) is 4.74 Å². The molecule has 1 aliphatic rings. The van der Waals surface area contributed by atoms with Gasteiger partial charge in [-0.1, -0.05) is 72.2 Å². The second kappa shape index (κ2) is 9.89. The van der Waals surface area contributed by atoms with Crippen molar-refractivity contribution < 1.29 is 14.6 Å². The number of ether oxygens (including phenoxy) is 1. The second-order valence-electron chi connectivity index (χ2n) is 11.1. The molecule has 0 bridgehead atoms. The zero-order chi connectivity index (χ0) is 24.5. The molecule has 0 fully saturated rings. The zero-order valence-corrected chi connectivity index (χ0v) is 21.6. The molecule has 2 aromatic rings. The van der Waals surface area contributed by atoms with Crippen molar-refractivity contribution in [3.63, 3.8) is 0 Å². The SMILES string of the molecule is CCCC(O)c1c(C)c(NC(=O)CC(C)(C)C)c(C)c2c1OCC2c1ccc(C(C)C)cc1. The first-order valence-electron chi connectivity index (χ1n) is 12.3. The lowest BCUT2D eigenvalue weighted by molar-refractivity contribution is -0.117. The van der Waals surface area contributed by atoms with Gasteiger partial charge in [0.1, 0.15) is 5.75 Å². The van der Waals surface area contributed by atoms with Crippen LogP contribution in [0.4, 0.5) is 5.69 Å². The maximum absolute atomic E-state index is 12.9. The molecular weight excluding hydrogens is 410 g/mol. The Labute approximate surface area is 199 Å². The number of hydrogen-bond acceptors (Lipinski definition) is 3. The second-order valence-corrected chi connectivity index (χ2v) is 11.1. The number of nitrogens with one attached hydrogen (secondary N) is 1. The summed E-state index contributed by atoms with van der Waals surface area (Å²) < 4.78 is 6.27. The van der Waals surface area contributed by atoms with E-state index in [0.717, 1.165) is 40.1 Å². The van der Waals surface area contributed by atoms with Crippen molar-refractivity contribution in [1.82, 2.24) is 0 Å². The fraction of sp³-hybridized carbons (Fsp3) is 0.552. The highest BCUT2D eigenvalue weighted by atomic mass is 16.5. The number of anilines is 1. The third kappa shape index (κ3) is 5.43. The van der Waals surface area contributed by atoms with Gasteiger partial charge in [-0.15, -0.1) is 0 Å². The number of aliphatic hydroxyl groups excluding tert-OH is 1. The predicted molar refractivity (Wildman–Crippen MR) is 136 cm³/mol. The third-order valence-electron chi connectivity index (χ3n) is 6.65. The maximum Gasteiger partial charge on any atom is 0.224 e. The summed E-state index contributed by atoms with van der Waals surface area (Å²) in [6.07, 6.45) is 1.34. The Morgan fingerprint density at radius 3 is 2.33 bits per heavy atom. The fourth-order valence-electron chi connectivity index (χ4n) is 4.91. The molecular formula is C29H41NO3. The Morgan fingerprint density at radius 1 is 1.15 bits per heavy atom. The number of carbonyl (C=O) groups excluding carboxylic acids is 1. The van der Waals surface area contributed by atoms with E-state index in [2.05, 4.69) is 78.0 Å². The van der Waals surface area contributed by atoms with Crippen LogP contribution in [0.3, 0.4) is 0 Å². The Morgan fingerprint density at radius 2 is 1.79 bits per heavy atom. The van der Waals surface area contributed by atoms with Crippen molar-refractivity contribution >= 4 is 11.6 Å². The lowest BCUT2D eigenvalue weighted by Crippen LogP contribution is -2.21. The molecule has 2 unspecified atom stereocenters. The molecule has 0 aliphatic carbocycles. The monoisotopic (exact) mass is 451 g/mol. The minimum atomic E-state index is -0.621. The van der Waals surface area contributed by atoms with Gasteiger partial charge in [0.15, 0.2) is 0 Å². The summed E-state index contributed by atoms with van der Waals surface area (Å²) in [7, 11) is 0. The first-order chi connectivity index (χ1) is 15.4. The minimum Gasteiger partial charge on any atom is -0.492 e. The molecule has 4 heteroatoms. The van der Waals surface area contributed by atoms with Crippen molar-refractivity contribution in [2.75, 3.05) is 11.9 Å². The summed E-state index contributed by atoms with van der Waals surface area (Å²) in [5, 5.41) is 14.3. The van der Waals surface area contributed by atoms with E-state index in [9.17, 15) is 9.90 Å². The van der Waals surface area contributed by atoms with Gasteiger partial charge in [0, 0.05) is 29.2 Å². The number of rotatable bonds is 7. The molecule has 0 aromatic heterocycles. The van der Waals surface area contributed by atoms with Gasteiger partial charge >= 0.3 is 0 Å². The highest BCUT2D eigenvalue weighted by Crippen LogP contribution is 2.49. The van der Waals surface area contributed by atoms with E-state index in [1.165, 1.54) is 11.1 Å². The number of aliphatic hydroxyl groups is 1. The highest BCUT2D eigenvalue weighted by Gasteiger charge is 2.35. The molecule has 2 aromatic carbocycles. The van der Waals surface area contributed by atoms with Gasteiger partial charge in [-0.3, -0.25) is 4.79 Å². The molecule has 3 rings (SSSR count). The van der Waals surface area contributed by atoms with Crippen LogP contribution in [0.2, 0.25) is 0 Å². The van der Waals surface area contributed by atoms with Crippen molar-refractivity contribution in [2.45, 2.75) is 92.6 Å². The average Bonchev–Trinajstić information content (AvgIpc) is 3.15. The molecule has 0 spiro atoms. The lowest BCUT2D eigenvalue weighted by atomic mass is 9.84. The number of benzene rings is 2.